The second-order valence-electron chi connectivity index (χ2n) is 6.09. The van der Waals surface area contributed by atoms with Crippen LogP contribution in [0.15, 0.2) is 45.9 Å². The maximum atomic E-state index is 12.2. The van der Waals surface area contributed by atoms with E-state index in [1.165, 1.54) is 12.8 Å². The molecule has 6 heteroatoms. The summed E-state index contributed by atoms with van der Waals surface area (Å²) >= 11 is 3.34. The standard InChI is InChI=1S/C18H20BrN3O2/c19-15-7-5-14(6-8-15)18(24)20-9-10-22-12-21-16(11-17(22)23)13-3-1-2-4-13/h5-8,11-13H,1-4,9-10H2,(H,20,24). The van der Waals surface area contributed by atoms with Crippen LogP contribution >= 0.6 is 15.9 Å². The van der Waals surface area contributed by atoms with Gasteiger partial charge in [-0.1, -0.05) is 28.8 Å². The highest BCUT2D eigenvalue weighted by atomic mass is 79.9. The van der Waals surface area contributed by atoms with Crippen LogP contribution in [-0.4, -0.2) is 22.0 Å². The molecule has 0 bridgehead atoms. The Balaban J connectivity index is 1.55. The molecule has 0 saturated heterocycles. The van der Waals surface area contributed by atoms with Gasteiger partial charge in [-0.3, -0.25) is 14.2 Å². The number of carbonyl (C=O) groups excluding carboxylic acids is 1. The van der Waals surface area contributed by atoms with E-state index in [1.807, 2.05) is 12.1 Å². The highest BCUT2D eigenvalue weighted by molar-refractivity contribution is 9.10. The normalized spacial score (nSPS) is 14.7. The summed E-state index contributed by atoms with van der Waals surface area (Å²) < 4.78 is 2.47. The van der Waals surface area contributed by atoms with Crippen LogP contribution in [0.3, 0.4) is 0 Å². The molecule has 126 valence electrons. The molecule has 1 heterocycles. The van der Waals surface area contributed by atoms with Gasteiger partial charge in [-0.15, -0.1) is 0 Å². The fraction of sp³-hybridized carbons (Fsp3) is 0.389. The first-order valence-corrected chi connectivity index (χ1v) is 9.03. The smallest absolute Gasteiger partial charge is 0.253 e. The van der Waals surface area contributed by atoms with Crippen LogP contribution in [0.1, 0.15) is 47.7 Å². The van der Waals surface area contributed by atoms with Gasteiger partial charge in [0, 0.05) is 35.1 Å². The molecule has 1 aliphatic rings. The average molecular weight is 390 g/mol. The molecule has 1 amide bonds. The Morgan fingerprint density at radius 2 is 1.96 bits per heavy atom. The van der Waals surface area contributed by atoms with Crippen molar-refractivity contribution >= 4 is 21.8 Å². The van der Waals surface area contributed by atoms with Gasteiger partial charge >= 0.3 is 0 Å². The monoisotopic (exact) mass is 389 g/mol. The Kier molecular flexibility index (Phi) is 5.45. The zero-order valence-corrected chi connectivity index (χ0v) is 15.0. The summed E-state index contributed by atoms with van der Waals surface area (Å²) in [6, 6.07) is 8.80. The van der Waals surface area contributed by atoms with Crippen molar-refractivity contribution in [3.8, 4) is 0 Å². The number of amides is 1. The fourth-order valence-corrected chi connectivity index (χ4v) is 3.31. The number of rotatable bonds is 5. The Morgan fingerprint density at radius 1 is 1.25 bits per heavy atom. The summed E-state index contributed by atoms with van der Waals surface area (Å²) in [6.07, 6.45) is 6.29. The molecule has 3 rings (SSSR count). The van der Waals surface area contributed by atoms with E-state index >= 15 is 0 Å². The predicted molar refractivity (Wildman–Crippen MR) is 96.2 cm³/mol. The van der Waals surface area contributed by atoms with Gasteiger partial charge < -0.3 is 5.32 Å². The Morgan fingerprint density at radius 3 is 2.62 bits per heavy atom. The Hall–Kier alpha value is -1.95. The van der Waals surface area contributed by atoms with Crippen molar-refractivity contribution in [1.29, 1.82) is 0 Å². The van der Waals surface area contributed by atoms with Crippen molar-refractivity contribution in [3.63, 3.8) is 0 Å². The van der Waals surface area contributed by atoms with Crippen molar-refractivity contribution in [3.05, 3.63) is 62.7 Å². The van der Waals surface area contributed by atoms with Crippen LogP contribution in [-0.2, 0) is 6.54 Å². The molecule has 5 nitrogen and oxygen atoms in total. The molecular formula is C18H20BrN3O2. The van der Waals surface area contributed by atoms with E-state index in [4.69, 9.17) is 0 Å². The van der Waals surface area contributed by atoms with Crippen LogP contribution in [0, 0.1) is 0 Å². The van der Waals surface area contributed by atoms with E-state index in [-0.39, 0.29) is 11.5 Å². The molecule has 1 fully saturated rings. The minimum absolute atomic E-state index is 0.0511. The van der Waals surface area contributed by atoms with Gasteiger partial charge in [0.05, 0.1) is 12.0 Å². The number of nitrogens with zero attached hydrogens (tertiary/aromatic N) is 2. The van der Waals surface area contributed by atoms with E-state index in [0.29, 0.717) is 24.6 Å². The Labute approximate surface area is 149 Å². The summed E-state index contributed by atoms with van der Waals surface area (Å²) in [4.78, 5) is 28.6. The number of aromatic nitrogens is 2. The molecule has 0 aliphatic heterocycles. The maximum Gasteiger partial charge on any atom is 0.253 e. The first-order valence-electron chi connectivity index (χ1n) is 8.23. The van der Waals surface area contributed by atoms with Crippen molar-refractivity contribution in [2.75, 3.05) is 6.54 Å². The van der Waals surface area contributed by atoms with Crippen LogP contribution in [0.4, 0.5) is 0 Å². The topological polar surface area (TPSA) is 64.0 Å². The van der Waals surface area contributed by atoms with E-state index in [0.717, 1.165) is 23.0 Å². The van der Waals surface area contributed by atoms with Gasteiger partial charge in [-0.25, -0.2) is 4.98 Å². The molecule has 1 saturated carbocycles. The molecule has 24 heavy (non-hydrogen) atoms. The van der Waals surface area contributed by atoms with Crippen molar-refractivity contribution in [2.24, 2.45) is 0 Å². The van der Waals surface area contributed by atoms with Crippen LogP contribution in [0.5, 0.6) is 0 Å². The van der Waals surface area contributed by atoms with Gasteiger partial charge in [0.25, 0.3) is 11.5 Å². The molecule has 1 aromatic carbocycles. The first-order chi connectivity index (χ1) is 11.6. The molecule has 0 radical (unpaired) electrons. The summed E-state index contributed by atoms with van der Waals surface area (Å²) in [7, 11) is 0. The molecule has 1 aromatic heterocycles. The molecule has 1 N–H and O–H groups in total. The average Bonchev–Trinajstić information content (AvgIpc) is 3.11. The van der Waals surface area contributed by atoms with E-state index in [2.05, 4.69) is 26.2 Å². The van der Waals surface area contributed by atoms with Gasteiger partial charge in [0.1, 0.15) is 0 Å². The molecule has 0 atom stereocenters. The maximum absolute atomic E-state index is 12.2. The van der Waals surface area contributed by atoms with Crippen molar-refractivity contribution < 1.29 is 4.79 Å². The summed E-state index contributed by atoms with van der Waals surface area (Å²) in [5.74, 6) is 0.288. The van der Waals surface area contributed by atoms with Gasteiger partial charge in [0.15, 0.2) is 0 Å². The third-order valence-corrected chi connectivity index (χ3v) is 4.95. The van der Waals surface area contributed by atoms with Crippen molar-refractivity contribution in [2.45, 2.75) is 38.1 Å². The number of nitrogens with one attached hydrogen (secondary N) is 1. The third kappa shape index (κ3) is 4.12. The second-order valence-corrected chi connectivity index (χ2v) is 7.01. The fourth-order valence-electron chi connectivity index (χ4n) is 3.05. The largest absolute Gasteiger partial charge is 0.350 e. The SMILES string of the molecule is O=C(NCCn1cnc(C2CCCC2)cc1=O)c1ccc(Br)cc1. The summed E-state index contributed by atoms with van der Waals surface area (Å²) in [5, 5.41) is 2.82. The lowest BCUT2D eigenvalue weighted by atomic mass is 10.0. The van der Waals surface area contributed by atoms with Crippen LogP contribution < -0.4 is 10.9 Å². The van der Waals surface area contributed by atoms with Gasteiger partial charge in [0.2, 0.25) is 0 Å². The van der Waals surface area contributed by atoms with Crippen LogP contribution in [0.2, 0.25) is 0 Å². The molecule has 1 aliphatic carbocycles. The number of carbonyl (C=O) groups is 1. The predicted octanol–water partition coefficient (Wildman–Crippen LogP) is 3.09. The van der Waals surface area contributed by atoms with Gasteiger partial charge in [-0.2, -0.15) is 0 Å². The molecule has 2 aromatic rings. The highest BCUT2D eigenvalue weighted by Crippen LogP contribution is 2.32. The van der Waals surface area contributed by atoms with Crippen molar-refractivity contribution in [1.82, 2.24) is 14.9 Å². The quantitative estimate of drug-likeness (QED) is 0.854. The Bertz CT molecular complexity index is 765. The number of benzene rings is 1. The minimum Gasteiger partial charge on any atom is -0.350 e. The zero-order chi connectivity index (χ0) is 16.9. The first kappa shape index (κ1) is 16.9. The van der Waals surface area contributed by atoms with E-state index in [9.17, 15) is 9.59 Å². The lowest BCUT2D eigenvalue weighted by molar-refractivity contribution is 0.0952. The minimum atomic E-state index is -0.147. The lowest BCUT2D eigenvalue weighted by Gasteiger charge is -2.11. The van der Waals surface area contributed by atoms with E-state index < -0.39 is 0 Å². The number of hydrogen-bond donors (Lipinski definition) is 1. The van der Waals surface area contributed by atoms with E-state index in [1.54, 1.807) is 29.1 Å². The zero-order valence-electron chi connectivity index (χ0n) is 13.4. The molecule has 0 unspecified atom stereocenters. The second kappa shape index (κ2) is 7.75. The number of halogens is 1. The number of hydrogen-bond acceptors (Lipinski definition) is 3. The van der Waals surface area contributed by atoms with Gasteiger partial charge in [-0.05, 0) is 37.1 Å². The molecule has 0 spiro atoms. The van der Waals surface area contributed by atoms with Crippen LogP contribution in [0.25, 0.3) is 0 Å². The summed E-state index contributed by atoms with van der Waals surface area (Å²) in [6.45, 7) is 0.804. The third-order valence-electron chi connectivity index (χ3n) is 4.42. The molecular weight excluding hydrogens is 370 g/mol. The lowest BCUT2D eigenvalue weighted by Crippen LogP contribution is -2.31. The summed E-state index contributed by atoms with van der Waals surface area (Å²) in [5.41, 5.74) is 1.46. The highest BCUT2D eigenvalue weighted by Gasteiger charge is 2.18.